The van der Waals surface area contributed by atoms with Crippen LogP contribution in [0, 0.1) is 5.92 Å². The van der Waals surface area contributed by atoms with Crippen molar-refractivity contribution in [2.75, 3.05) is 18.0 Å². The standard InChI is InChI=1S/C17H24N4/c1-14(2)16-13-20(10-11-21-9-5-8-19-21)17-7-4-3-6-15(17)12-18-16/h3-9,14,16,18H,10-13H2,1-2H3. The molecule has 0 fully saturated rings. The third-order valence-corrected chi connectivity index (χ3v) is 4.27. The van der Waals surface area contributed by atoms with Crippen molar-refractivity contribution in [3.05, 3.63) is 48.3 Å². The van der Waals surface area contributed by atoms with E-state index in [0.29, 0.717) is 12.0 Å². The summed E-state index contributed by atoms with van der Waals surface area (Å²) in [6.07, 6.45) is 3.87. The van der Waals surface area contributed by atoms with E-state index in [1.807, 2.05) is 23.1 Å². The number of fused-ring (bicyclic) bond motifs is 1. The molecular weight excluding hydrogens is 260 g/mol. The lowest BCUT2D eigenvalue weighted by atomic mass is 10.0. The Balaban J connectivity index is 1.79. The zero-order valence-electron chi connectivity index (χ0n) is 12.9. The summed E-state index contributed by atoms with van der Waals surface area (Å²) in [4.78, 5) is 2.50. The summed E-state index contributed by atoms with van der Waals surface area (Å²) >= 11 is 0. The molecule has 0 saturated carbocycles. The molecule has 21 heavy (non-hydrogen) atoms. The quantitative estimate of drug-likeness (QED) is 0.936. The van der Waals surface area contributed by atoms with Gasteiger partial charge in [0.2, 0.25) is 0 Å². The predicted molar refractivity (Wildman–Crippen MR) is 86.3 cm³/mol. The third kappa shape index (κ3) is 3.27. The van der Waals surface area contributed by atoms with E-state index in [1.54, 1.807) is 0 Å². The van der Waals surface area contributed by atoms with Crippen LogP contribution in [-0.4, -0.2) is 28.9 Å². The first-order chi connectivity index (χ1) is 10.2. The Morgan fingerprint density at radius 1 is 1.24 bits per heavy atom. The minimum absolute atomic E-state index is 0.523. The SMILES string of the molecule is CC(C)C1CN(CCn2cccn2)c2ccccc2CN1. The van der Waals surface area contributed by atoms with Crippen LogP contribution in [0.4, 0.5) is 5.69 Å². The van der Waals surface area contributed by atoms with Crippen LogP contribution in [0.25, 0.3) is 0 Å². The summed E-state index contributed by atoms with van der Waals surface area (Å²) < 4.78 is 2.01. The number of aromatic nitrogens is 2. The maximum Gasteiger partial charge on any atom is 0.0584 e. The van der Waals surface area contributed by atoms with Gasteiger partial charge in [0.1, 0.15) is 0 Å². The molecule has 1 aromatic carbocycles. The maximum absolute atomic E-state index is 4.31. The minimum atomic E-state index is 0.523. The van der Waals surface area contributed by atoms with Gasteiger partial charge in [-0.15, -0.1) is 0 Å². The smallest absolute Gasteiger partial charge is 0.0584 e. The zero-order chi connectivity index (χ0) is 14.7. The first kappa shape index (κ1) is 14.1. The fourth-order valence-electron chi connectivity index (χ4n) is 2.92. The van der Waals surface area contributed by atoms with Gasteiger partial charge in [0.15, 0.2) is 0 Å². The highest BCUT2D eigenvalue weighted by Crippen LogP contribution is 2.24. The number of hydrogen-bond acceptors (Lipinski definition) is 3. The van der Waals surface area contributed by atoms with Gasteiger partial charge in [-0.3, -0.25) is 4.68 Å². The molecule has 1 aliphatic rings. The lowest BCUT2D eigenvalue weighted by Crippen LogP contribution is -2.42. The Morgan fingerprint density at radius 2 is 2.10 bits per heavy atom. The van der Waals surface area contributed by atoms with Gasteiger partial charge in [-0.05, 0) is 23.6 Å². The number of nitrogens with one attached hydrogen (secondary N) is 1. The molecule has 3 rings (SSSR count). The third-order valence-electron chi connectivity index (χ3n) is 4.27. The molecular formula is C17H24N4. The summed E-state index contributed by atoms with van der Waals surface area (Å²) in [6.45, 7) is 8.50. The molecule has 0 amide bonds. The van der Waals surface area contributed by atoms with Crippen LogP contribution >= 0.6 is 0 Å². The highest BCUT2D eigenvalue weighted by atomic mass is 15.3. The average Bonchev–Trinajstić information content (AvgIpc) is 2.93. The zero-order valence-corrected chi connectivity index (χ0v) is 12.9. The van der Waals surface area contributed by atoms with Crippen molar-refractivity contribution in [3.8, 4) is 0 Å². The highest BCUT2D eigenvalue weighted by Gasteiger charge is 2.23. The fraction of sp³-hybridized carbons (Fsp3) is 0.471. The number of anilines is 1. The summed E-state index contributed by atoms with van der Waals surface area (Å²) in [7, 11) is 0. The molecule has 1 atom stereocenters. The van der Waals surface area contributed by atoms with Gasteiger partial charge in [-0.2, -0.15) is 5.10 Å². The molecule has 0 radical (unpaired) electrons. The molecule has 2 aromatic rings. The molecule has 2 heterocycles. The van der Waals surface area contributed by atoms with Crippen molar-refractivity contribution in [1.29, 1.82) is 0 Å². The van der Waals surface area contributed by atoms with Crippen molar-refractivity contribution >= 4 is 5.69 Å². The summed E-state index contributed by atoms with van der Waals surface area (Å²) in [5.41, 5.74) is 2.75. The van der Waals surface area contributed by atoms with Crippen LogP contribution in [0.1, 0.15) is 19.4 Å². The molecule has 4 heteroatoms. The molecule has 0 saturated heterocycles. The van der Waals surface area contributed by atoms with Crippen LogP contribution in [0.15, 0.2) is 42.7 Å². The van der Waals surface area contributed by atoms with Gasteiger partial charge in [-0.25, -0.2) is 0 Å². The molecule has 0 aliphatic carbocycles. The monoisotopic (exact) mass is 284 g/mol. The van der Waals surface area contributed by atoms with E-state index in [9.17, 15) is 0 Å². The highest BCUT2D eigenvalue weighted by molar-refractivity contribution is 5.54. The van der Waals surface area contributed by atoms with Crippen LogP contribution in [0.5, 0.6) is 0 Å². The summed E-state index contributed by atoms with van der Waals surface area (Å²) in [6, 6.07) is 11.2. The van der Waals surface area contributed by atoms with E-state index < -0.39 is 0 Å². The van der Waals surface area contributed by atoms with Gasteiger partial charge in [-0.1, -0.05) is 32.0 Å². The Kier molecular flexibility index (Phi) is 4.25. The molecule has 0 bridgehead atoms. The largest absolute Gasteiger partial charge is 0.368 e. The van der Waals surface area contributed by atoms with Crippen LogP contribution < -0.4 is 10.2 Å². The molecule has 112 valence electrons. The summed E-state index contributed by atoms with van der Waals surface area (Å²) in [5.74, 6) is 0.631. The molecule has 1 aromatic heterocycles. The molecule has 1 unspecified atom stereocenters. The second-order valence-corrected chi connectivity index (χ2v) is 6.08. The van der Waals surface area contributed by atoms with Gasteiger partial charge in [0.05, 0.1) is 6.54 Å². The lowest BCUT2D eigenvalue weighted by Gasteiger charge is -2.29. The van der Waals surface area contributed by atoms with Crippen LogP contribution in [-0.2, 0) is 13.1 Å². The number of benzene rings is 1. The van der Waals surface area contributed by atoms with Crippen LogP contribution in [0.2, 0.25) is 0 Å². The topological polar surface area (TPSA) is 33.1 Å². The van der Waals surface area contributed by atoms with E-state index in [1.165, 1.54) is 11.3 Å². The fourth-order valence-corrected chi connectivity index (χ4v) is 2.92. The Labute approximate surface area is 126 Å². The molecule has 1 N–H and O–H groups in total. The second-order valence-electron chi connectivity index (χ2n) is 6.08. The average molecular weight is 284 g/mol. The first-order valence-corrected chi connectivity index (χ1v) is 7.77. The van der Waals surface area contributed by atoms with E-state index in [-0.39, 0.29) is 0 Å². The van der Waals surface area contributed by atoms with E-state index in [4.69, 9.17) is 0 Å². The van der Waals surface area contributed by atoms with Crippen molar-refractivity contribution in [1.82, 2.24) is 15.1 Å². The normalized spacial score (nSPS) is 18.6. The van der Waals surface area contributed by atoms with Gasteiger partial charge in [0.25, 0.3) is 0 Å². The molecule has 4 nitrogen and oxygen atoms in total. The predicted octanol–water partition coefficient (Wildman–Crippen LogP) is 2.52. The number of hydrogen-bond donors (Lipinski definition) is 1. The maximum atomic E-state index is 4.31. The van der Waals surface area contributed by atoms with E-state index in [0.717, 1.165) is 26.2 Å². The molecule has 0 spiro atoms. The van der Waals surface area contributed by atoms with Gasteiger partial charge < -0.3 is 10.2 Å². The van der Waals surface area contributed by atoms with E-state index >= 15 is 0 Å². The van der Waals surface area contributed by atoms with Crippen molar-refractivity contribution in [2.24, 2.45) is 5.92 Å². The molecule has 1 aliphatic heterocycles. The number of nitrogens with zero attached hydrogens (tertiary/aromatic N) is 3. The van der Waals surface area contributed by atoms with Crippen molar-refractivity contribution in [2.45, 2.75) is 33.0 Å². The summed E-state index contributed by atoms with van der Waals surface area (Å²) in [5, 5.41) is 8.00. The Morgan fingerprint density at radius 3 is 2.86 bits per heavy atom. The minimum Gasteiger partial charge on any atom is -0.368 e. The lowest BCUT2D eigenvalue weighted by molar-refractivity contribution is 0.401. The van der Waals surface area contributed by atoms with Gasteiger partial charge in [0, 0.05) is 43.8 Å². The van der Waals surface area contributed by atoms with Gasteiger partial charge >= 0.3 is 0 Å². The number of para-hydroxylation sites is 1. The van der Waals surface area contributed by atoms with Crippen LogP contribution in [0.3, 0.4) is 0 Å². The second kappa shape index (κ2) is 6.31. The Bertz CT molecular complexity index is 562. The Hall–Kier alpha value is -1.81. The van der Waals surface area contributed by atoms with Crippen molar-refractivity contribution < 1.29 is 0 Å². The van der Waals surface area contributed by atoms with E-state index in [2.05, 4.69) is 53.4 Å². The van der Waals surface area contributed by atoms with Crippen molar-refractivity contribution in [3.63, 3.8) is 0 Å². The number of rotatable bonds is 4. The first-order valence-electron chi connectivity index (χ1n) is 7.77.